The molecule has 1 aromatic rings. The van der Waals surface area contributed by atoms with Gasteiger partial charge in [0.05, 0.1) is 5.92 Å². The number of rotatable bonds is 6. The lowest BCUT2D eigenvalue weighted by atomic mass is 10.1. The van der Waals surface area contributed by atoms with Crippen molar-refractivity contribution in [1.82, 2.24) is 5.32 Å². The molecule has 0 bridgehead atoms. The van der Waals surface area contributed by atoms with Crippen molar-refractivity contribution < 1.29 is 9.59 Å². The van der Waals surface area contributed by atoms with Crippen LogP contribution in [0.4, 0.5) is 5.69 Å². The summed E-state index contributed by atoms with van der Waals surface area (Å²) in [5.74, 6) is -0.174. The highest BCUT2D eigenvalue weighted by atomic mass is 16.2. The topological polar surface area (TPSA) is 49.4 Å². The molecule has 1 heterocycles. The first-order valence-corrected chi connectivity index (χ1v) is 8.18. The van der Waals surface area contributed by atoms with Crippen molar-refractivity contribution >= 4 is 17.5 Å². The molecule has 1 fully saturated rings. The second-order valence-electron chi connectivity index (χ2n) is 6.19. The molecule has 1 aliphatic heterocycles. The molecule has 0 radical (unpaired) electrons. The zero-order valence-corrected chi connectivity index (χ0v) is 13.8. The van der Waals surface area contributed by atoms with E-state index in [-0.39, 0.29) is 17.7 Å². The third-order valence-corrected chi connectivity index (χ3v) is 4.22. The zero-order valence-electron chi connectivity index (χ0n) is 13.8. The number of anilines is 1. The second kappa shape index (κ2) is 7.43. The van der Waals surface area contributed by atoms with Gasteiger partial charge in [0.25, 0.3) is 0 Å². The van der Waals surface area contributed by atoms with Crippen LogP contribution in [0.1, 0.15) is 43.7 Å². The third kappa shape index (κ3) is 3.87. The minimum atomic E-state index is -0.227. The lowest BCUT2D eigenvalue weighted by Crippen LogP contribution is -2.33. The molecule has 2 amide bonds. The SMILES string of the molecule is CCCCCNC(=O)C1CC(=O)N(c2ccc(C)cc2C)C1. The van der Waals surface area contributed by atoms with Crippen LogP contribution in [-0.2, 0) is 9.59 Å². The van der Waals surface area contributed by atoms with E-state index in [0.717, 1.165) is 30.5 Å². The fourth-order valence-electron chi connectivity index (χ4n) is 2.96. The Morgan fingerprint density at radius 3 is 2.77 bits per heavy atom. The zero-order chi connectivity index (χ0) is 16.1. The summed E-state index contributed by atoms with van der Waals surface area (Å²) in [6, 6.07) is 6.05. The molecule has 4 nitrogen and oxygen atoms in total. The molecule has 1 unspecified atom stereocenters. The number of aryl methyl sites for hydroxylation is 2. The maximum Gasteiger partial charge on any atom is 0.227 e. The predicted octanol–water partition coefficient (Wildman–Crippen LogP) is 2.96. The smallest absolute Gasteiger partial charge is 0.227 e. The van der Waals surface area contributed by atoms with Crippen LogP contribution in [0.25, 0.3) is 0 Å². The van der Waals surface area contributed by atoms with Crippen molar-refractivity contribution in [3.8, 4) is 0 Å². The Bertz CT molecular complexity index is 554. The number of benzene rings is 1. The van der Waals surface area contributed by atoms with Crippen LogP contribution in [0.15, 0.2) is 18.2 Å². The Hall–Kier alpha value is -1.84. The highest BCUT2D eigenvalue weighted by Crippen LogP contribution is 2.28. The second-order valence-corrected chi connectivity index (χ2v) is 6.19. The average molecular weight is 302 g/mol. The first kappa shape index (κ1) is 16.5. The molecule has 1 aliphatic rings. The van der Waals surface area contributed by atoms with Gasteiger partial charge in [-0.15, -0.1) is 0 Å². The molecule has 0 saturated carbocycles. The summed E-state index contributed by atoms with van der Waals surface area (Å²) in [6.45, 7) is 7.38. The van der Waals surface area contributed by atoms with Gasteiger partial charge in [0, 0.05) is 25.2 Å². The Morgan fingerprint density at radius 2 is 2.09 bits per heavy atom. The number of hydrogen-bond donors (Lipinski definition) is 1. The normalized spacial score (nSPS) is 17.9. The fraction of sp³-hybridized carbons (Fsp3) is 0.556. The van der Waals surface area contributed by atoms with Gasteiger partial charge in [-0.05, 0) is 31.9 Å². The summed E-state index contributed by atoms with van der Waals surface area (Å²) >= 11 is 0. The van der Waals surface area contributed by atoms with Gasteiger partial charge in [-0.2, -0.15) is 0 Å². The van der Waals surface area contributed by atoms with Gasteiger partial charge in [0.15, 0.2) is 0 Å². The highest BCUT2D eigenvalue weighted by Gasteiger charge is 2.35. The first-order valence-electron chi connectivity index (χ1n) is 8.18. The molecule has 22 heavy (non-hydrogen) atoms. The Kier molecular flexibility index (Phi) is 5.58. The molecule has 1 aromatic carbocycles. The standard InChI is InChI=1S/C18H26N2O2/c1-4-5-6-9-19-18(22)15-11-17(21)20(12-15)16-8-7-13(2)10-14(16)3/h7-8,10,15H,4-6,9,11-12H2,1-3H3,(H,19,22). The Balaban J connectivity index is 1.97. The molecule has 4 heteroatoms. The minimum Gasteiger partial charge on any atom is -0.356 e. The van der Waals surface area contributed by atoms with Crippen LogP contribution in [0.5, 0.6) is 0 Å². The highest BCUT2D eigenvalue weighted by molar-refractivity contribution is 6.00. The summed E-state index contributed by atoms with van der Waals surface area (Å²) in [5.41, 5.74) is 3.19. The van der Waals surface area contributed by atoms with Gasteiger partial charge >= 0.3 is 0 Å². The summed E-state index contributed by atoms with van der Waals surface area (Å²) in [5, 5.41) is 2.96. The van der Waals surface area contributed by atoms with E-state index in [1.54, 1.807) is 4.90 Å². The van der Waals surface area contributed by atoms with Gasteiger partial charge < -0.3 is 10.2 Å². The van der Waals surface area contributed by atoms with E-state index in [1.165, 1.54) is 5.56 Å². The number of hydrogen-bond acceptors (Lipinski definition) is 2. The lowest BCUT2D eigenvalue weighted by molar-refractivity contribution is -0.126. The van der Waals surface area contributed by atoms with Crippen molar-refractivity contribution in [3.05, 3.63) is 29.3 Å². The molecule has 1 saturated heterocycles. The van der Waals surface area contributed by atoms with Crippen molar-refractivity contribution in [3.63, 3.8) is 0 Å². The molecular weight excluding hydrogens is 276 g/mol. The average Bonchev–Trinajstić information content (AvgIpc) is 2.85. The molecule has 0 aliphatic carbocycles. The summed E-state index contributed by atoms with van der Waals surface area (Å²) in [7, 11) is 0. The van der Waals surface area contributed by atoms with Gasteiger partial charge in [-0.1, -0.05) is 37.5 Å². The molecule has 0 aromatic heterocycles. The first-order chi connectivity index (χ1) is 10.5. The third-order valence-electron chi connectivity index (χ3n) is 4.22. The number of unbranched alkanes of at least 4 members (excludes halogenated alkanes) is 2. The lowest BCUT2D eigenvalue weighted by Gasteiger charge is -2.19. The van der Waals surface area contributed by atoms with E-state index in [1.807, 2.05) is 26.0 Å². The van der Waals surface area contributed by atoms with Crippen molar-refractivity contribution in [2.45, 2.75) is 46.5 Å². The molecule has 2 rings (SSSR count). The van der Waals surface area contributed by atoms with Crippen LogP contribution in [0.3, 0.4) is 0 Å². The van der Waals surface area contributed by atoms with E-state index >= 15 is 0 Å². The summed E-state index contributed by atoms with van der Waals surface area (Å²) in [4.78, 5) is 26.2. The fourth-order valence-corrected chi connectivity index (χ4v) is 2.96. The van der Waals surface area contributed by atoms with E-state index < -0.39 is 0 Å². The van der Waals surface area contributed by atoms with Crippen LogP contribution < -0.4 is 10.2 Å². The van der Waals surface area contributed by atoms with E-state index in [4.69, 9.17) is 0 Å². The van der Waals surface area contributed by atoms with Gasteiger partial charge in [-0.3, -0.25) is 9.59 Å². The van der Waals surface area contributed by atoms with Gasteiger partial charge in [0.1, 0.15) is 0 Å². The largest absolute Gasteiger partial charge is 0.356 e. The molecule has 0 spiro atoms. The monoisotopic (exact) mass is 302 g/mol. The van der Waals surface area contributed by atoms with E-state index in [2.05, 4.69) is 18.3 Å². The van der Waals surface area contributed by atoms with Gasteiger partial charge in [-0.25, -0.2) is 0 Å². The van der Waals surface area contributed by atoms with Crippen LogP contribution in [-0.4, -0.2) is 24.9 Å². The molecule has 120 valence electrons. The van der Waals surface area contributed by atoms with Crippen molar-refractivity contribution in [2.75, 3.05) is 18.0 Å². The minimum absolute atomic E-state index is 0.0108. The number of carbonyl (C=O) groups excluding carboxylic acids is 2. The number of amides is 2. The Morgan fingerprint density at radius 1 is 1.32 bits per heavy atom. The Labute approximate surface area is 132 Å². The maximum absolute atomic E-state index is 12.2. The summed E-state index contributed by atoms with van der Waals surface area (Å²) in [6.07, 6.45) is 3.58. The number of nitrogens with zero attached hydrogens (tertiary/aromatic N) is 1. The van der Waals surface area contributed by atoms with Crippen LogP contribution in [0.2, 0.25) is 0 Å². The van der Waals surface area contributed by atoms with Gasteiger partial charge in [0.2, 0.25) is 11.8 Å². The van der Waals surface area contributed by atoms with E-state index in [9.17, 15) is 9.59 Å². The quantitative estimate of drug-likeness (QED) is 0.821. The molecule has 1 N–H and O–H groups in total. The molecular formula is C18H26N2O2. The van der Waals surface area contributed by atoms with Crippen molar-refractivity contribution in [2.24, 2.45) is 5.92 Å². The van der Waals surface area contributed by atoms with Crippen molar-refractivity contribution in [1.29, 1.82) is 0 Å². The molecule has 1 atom stereocenters. The summed E-state index contributed by atoms with van der Waals surface area (Å²) < 4.78 is 0. The predicted molar refractivity (Wildman–Crippen MR) is 88.9 cm³/mol. The maximum atomic E-state index is 12.2. The van der Waals surface area contributed by atoms with E-state index in [0.29, 0.717) is 19.5 Å². The number of carbonyl (C=O) groups is 2. The van der Waals surface area contributed by atoms with Crippen LogP contribution in [0, 0.1) is 19.8 Å². The van der Waals surface area contributed by atoms with Crippen LogP contribution >= 0.6 is 0 Å². The number of nitrogens with one attached hydrogen (secondary N) is 1.